The van der Waals surface area contributed by atoms with Crippen LogP contribution in [0, 0.1) is 13.0 Å². The maximum atomic E-state index is 3.38. The van der Waals surface area contributed by atoms with Crippen molar-refractivity contribution in [3.8, 4) is 0 Å². The maximum Gasteiger partial charge on any atom is -0.0146 e. The van der Waals surface area contributed by atoms with Crippen LogP contribution >= 0.6 is 0 Å². The minimum Gasteiger partial charge on any atom is -0.0587 e. The first-order valence-electron chi connectivity index (χ1n) is 5.34. The van der Waals surface area contributed by atoms with Crippen LogP contribution < -0.4 is 0 Å². The van der Waals surface area contributed by atoms with E-state index in [9.17, 15) is 0 Å². The van der Waals surface area contributed by atoms with Gasteiger partial charge in [0.25, 0.3) is 0 Å². The Morgan fingerprint density at radius 2 is 2.00 bits per heavy atom. The summed E-state index contributed by atoms with van der Waals surface area (Å²) in [5.74, 6) is 0.800. The average molecular weight is 173 g/mol. The summed E-state index contributed by atoms with van der Waals surface area (Å²) in [4.78, 5) is 0. The van der Waals surface area contributed by atoms with E-state index in [0.717, 1.165) is 5.92 Å². The molecule has 0 heterocycles. The molecule has 1 aromatic rings. The highest BCUT2D eigenvalue weighted by Crippen LogP contribution is 2.32. The fourth-order valence-electron chi connectivity index (χ4n) is 2.25. The van der Waals surface area contributed by atoms with Crippen molar-refractivity contribution in [1.29, 1.82) is 0 Å². The van der Waals surface area contributed by atoms with Crippen LogP contribution in [0.5, 0.6) is 0 Å². The van der Waals surface area contributed by atoms with Gasteiger partial charge in [-0.1, -0.05) is 43.0 Å². The SMILES string of the molecule is Cc1cc[c]c(C2CCCCC2)c1. The Balaban J connectivity index is 2.14. The van der Waals surface area contributed by atoms with Gasteiger partial charge in [-0.2, -0.15) is 0 Å². The van der Waals surface area contributed by atoms with Crippen LogP contribution in [-0.4, -0.2) is 0 Å². The van der Waals surface area contributed by atoms with Gasteiger partial charge in [-0.25, -0.2) is 0 Å². The van der Waals surface area contributed by atoms with Crippen molar-refractivity contribution >= 4 is 0 Å². The van der Waals surface area contributed by atoms with Gasteiger partial charge in [0.05, 0.1) is 0 Å². The zero-order valence-corrected chi connectivity index (χ0v) is 8.34. The molecule has 0 spiro atoms. The van der Waals surface area contributed by atoms with Gasteiger partial charge in [0, 0.05) is 0 Å². The Labute approximate surface area is 81.0 Å². The Bertz CT molecular complexity index is 269. The summed E-state index contributed by atoms with van der Waals surface area (Å²) < 4.78 is 0. The van der Waals surface area contributed by atoms with Crippen molar-refractivity contribution in [3.05, 3.63) is 35.4 Å². The molecular formula is C13H17. The zero-order chi connectivity index (χ0) is 9.10. The van der Waals surface area contributed by atoms with E-state index in [1.807, 2.05) is 0 Å². The molecule has 1 aliphatic rings. The molecule has 0 unspecified atom stereocenters. The van der Waals surface area contributed by atoms with Gasteiger partial charge in [-0.05, 0) is 37.3 Å². The predicted molar refractivity (Wildman–Crippen MR) is 55.8 cm³/mol. The maximum absolute atomic E-state index is 3.38. The number of hydrogen-bond acceptors (Lipinski definition) is 0. The lowest BCUT2D eigenvalue weighted by molar-refractivity contribution is 0.443. The molecule has 0 N–H and O–H groups in total. The summed E-state index contributed by atoms with van der Waals surface area (Å²) in [7, 11) is 0. The molecule has 13 heavy (non-hydrogen) atoms. The lowest BCUT2D eigenvalue weighted by atomic mass is 9.84. The van der Waals surface area contributed by atoms with Crippen molar-refractivity contribution in [3.63, 3.8) is 0 Å². The van der Waals surface area contributed by atoms with Crippen LogP contribution in [0.15, 0.2) is 18.2 Å². The second kappa shape index (κ2) is 3.95. The fraction of sp³-hybridized carbons (Fsp3) is 0.538. The molecule has 1 aromatic carbocycles. The first kappa shape index (κ1) is 8.80. The Morgan fingerprint density at radius 3 is 2.69 bits per heavy atom. The van der Waals surface area contributed by atoms with Crippen LogP contribution in [0.25, 0.3) is 0 Å². The summed E-state index contributed by atoms with van der Waals surface area (Å²) in [6.07, 6.45) is 7.00. The number of rotatable bonds is 1. The fourth-order valence-corrected chi connectivity index (χ4v) is 2.25. The van der Waals surface area contributed by atoms with E-state index >= 15 is 0 Å². The molecule has 69 valence electrons. The summed E-state index contributed by atoms with van der Waals surface area (Å²) >= 11 is 0. The van der Waals surface area contributed by atoms with Gasteiger partial charge >= 0.3 is 0 Å². The van der Waals surface area contributed by atoms with Gasteiger partial charge in [-0.15, -0.1) is 0 Å². The van der Waals surface area contributed by atoms with Crippen molar-refractivity contribution < 1.29 is 0 Å². The Kier molecular flexibility index (Phi) is 2.68. The normalized spacial score (nSPS) is 18.8. The molecule has 0 saturated heterocycles. The first-order valence-corrected chi connectivity index (χ1v) is 5.34. The van der Waals surface area contributed by atoms with Gasteiger partial charge < -0.3 is 0 Å². The third-order valence-electron chi connectivity index (χ3n) is 3.02. The average Bonchev–Trinajstić information content (AvgIpc) is 2.19. The molecule has 0 aliphatic heterocycles. The van der Waals surface area contributed by atoms with Crippen LogP contribution in [0.3, 0.4) is 0 Å². The van der Waals surface area contributed by atoms with Gasteiger partial charge in [0.1, 0.15) is 0 Å². The number of aryl methyl sites for hydroxylation is 1. The molecule has 0 heteroatoms. The monoisotopic (exact) mass is 173 g/mol. The summed E-state index contributed by atoms with van der Waals surface area (Å²) in [6, 6.07) is 9.88. The number of hydrogen-bond donors (Lipinski definition) is 0. The first-order chi connectivity index (χ1) is 6.36. The van der Waals surface area contributed by atoms with Crippen molar-refractivity contribution in [2.75, 3.05) is 0 Å². The molecule has 0 nitrogen and oxygen atoms in total. The zero-order valence-electron chi connectivity index (χ0n) is 8.34. The predicted octanol–water partition coefficient (Wildman–Crippen LogP) is 3.84. The highest BCUT2D eigenvalue weighted by molar-refractivity contribution is 5.24. The molecule has 0 aromatic heterocycles. The lowest BCUT2D eigenvalue weighted by Gasteiger charge is -2.21. The van der Waals surface area contributed by atoms with Crippen molar-refractivity contribution in [1.82, 2.24) is 0 Å². The smallest absolute Gasteiger partial charge is 0.0146 e. The molecule has 1 aliphatic carbocycles. The molecule has 1 radical (unpaired) electrons. The highest BCUT2D eigenvalue weighted by atomic mass is 14.2. The minimum absolute atomic E-state index is 0.800. The van der Waals surface area contributed by atoms with E-state index in [0.29, 0.717) is 0 Å². The Hall–Kier alpha value is -0.780. The van der Waals surface area contributed by atoms with E-state index in [2.05, 4.69) is 31.2 Å². The van der Waals surface area contributed by atoms with E-state index < -0.39 is 0 Å². The van der Waals surface area contributed by atoms with E-state index in [1.165, 1.54) is 43.2 Å². The Morgan fingerprint density at radius 1 is 1.23 bits per heavy atom. The molecule has 1 fully saturated rings. The largest absolute Gasteiger partial charge is 0.0587 e. The second-order valence-electron chi connectivity index (χ2n) is 4.16. The highest BCUT2D eigenvalue weighted by Gasteiger charge is 2.14. The second-order valence-corrected chi connectivity index (χ2v) is 4.16. The van der Waals surface area contributed by atoms with Gasteiger partial charge in [0.2, 0.25) is 0 Å². The van der Waals surface area contributed by atoms with Crippen LogP contribution in [0.2, 0.25) is 0 Å². The van der Waals surface area contributed by atoms with E-state index in [1.54, 1.807) is 0 Å². The summed E-state index contributed by atoms with van der Waals surface area (Å²) in [6.45, 7) is 2.17. The van der Waals surface area contributed by atoms with Crippen LogP contribution in [-0.2, 0) is 0 Å². The molecule has 0 atom stereocenters. The molecule has 2 rings (SSSR count). The van der Waals surface area contributed by atoms with Crippen molar-refractivity contribution in [2.24, 2.45) is 0 Å². The van der Waals surface area contributed by atoms with Gasteiger partial charge in [0.15, 0.2) is 0 Å². The molecular weight excluding hydrogens is 156 g/mol. The lowest BCUT2D eigenvalue weighted by Crippen LogP contribution is -2.04. The third-order valence-corrected chi connectivity index (χ3v) is 3.02. The standard InChI is InChI=1S/C13H17/c1-11-6-5-9-13(10-11)12-7-3-2-4-8-12/h5-6,10,12H,2-4,7-8H2,1H3. The van der Waals surface area contributed by atoms with E-state index in [4.69, 9.17) is 0 Å². The summed E-state index contributed by atoms with van der Waals surface area (Å²) in [5, 5.41) is 0. The van der Waals surface area contributed by atoms with Crippen molar-refractivity contribution in [2.45, 2.75) is 44.9 Å². The molecule has 0 amide bonds. The molecule has 1 saturated carbocycles. The quantitative estimate of drug-likeness (QED) is 0.605. The topological polar surface area (TPSA) is 0 Å². The minimum atomic E-state index is 0.800. The summed E-state index contributed by atoms with van der Waals surface area (Å²) in [5.41, 5.74) is 2.82. The van der Waals surface area contributed by atoms with Gasteiger partial charge in [-0.3, -0.25) is 0 Å². The van der Waals surface area contributed by atoms with Crippen LogP contribution in [0.4, 0.5) is 0 Å². The van der Waals surface area contributed by atoms with E-state index in [-0.39, 0.29) is 0 Å². The molecule has 0 bridgehead atoms. The third kappa shape index (κ3) is 2.12. The van der Waals surface area contributed by atoms with Crippen LogP contribution in [0.1, 0.15) is 49.1 Å². The number of benzene rings is 1.